The number of carbonyl (C=O) groups is 1. The van der Waals surface area contributed by atoms with Crippen molar-refractivity contribution in [1.29, 1.82) is 0 Å². The van der Waals surface area contributed by atoms with Crippen molar-refractivity contribution in [3.8, 4) is 5.75 Å². The molecule has 0 bridgehead atoms. The Morgan fingerprint density at radius 1 is 1.08 bits per heavy atom. The van der Waals surface area contributed by atoms with Crippen molar-refractivity contribution in [1.82, 2.24) is 0 Å². The summed E-state index contributed by atoms with van der Waals surface area (Å²) in [7, 11) is 2.71. The maximum absolute atomic E-state index is 12.0. The van der Waals surface area contributed by atoms with Gasteiger partial charge in [-0.1, -0.05) is 35.5 Å². The van der Waals surface area contributed by atoms with Crippen molar-refractivity contribution in [2.24, 2.45) is 5.16 Å². The zero-order chi connectivity index (χ0) is 17.6. The third kappa shape index (κ3) is 3.82. The molecule has 25 heavy (non-hydrogen) atoms. The number of benzene rings is 2. The molecule has 0 saturated heterocycles. The summed E-state index contributed by atoms with van der Waals surface area (Å²) in [6, 6.07) is 13.7. The van der Waals surface area contributed by atoms with Crippen LogP contribution in [-0.4, -0.2) is 25.9 Å². The summed E-state index contributed by atoms with van der Waals surface area (Å²) in [5.74, 6) is 0.283. The predicted octanol–water partition coefficient (Wildman–Crippen LogP) is 3.28. The normalized spacial score (nSPS) is 13.3. The molecule has 0 spiro atoms. The Kier molecular flexibility index (Phi) is 5.33. The molecule has 3 rings (SSSR count). The molecule has 0 atom stereocenters. The van der Waals surface area contributed by atoms with Crippen LogP contribution < -0.4 is 4.74 Å². The number of carbonyl (C=O) groups excluding carboxylic acids is 1. The Bertz CT molecular complexity index is 798. The van der Waals surface area contributed by atoms with Crippen LogP contribution in [0.25, 0.3) is 0 Å². The van der Waals surface area contributed by atoms with Crippen molar-refractivity contribution >= 4 is 11.7 Å². The summed E-state index contributed by atoms with van der Waals surface area (Å²) in [4.78, 5) is 16.8. The summed E-state index contributed by atoms with van der Waals surface area (Å²) < 4.78 is 10.7. The number of nitrogens with zero attached hydrogens (tertiary/aromatic N) is 1. The largest absolute Gasteiger partial charge is 0.489 e. The predicted molar refractivity (Wildman–Crippen MR) is 94.8 cm³/mol. The molecule has 130 valence electrons. The lowest BCUT2D eigenvalue weighted by Gasteiger charge is -2.12. The van der Waals surface area contributed by atoms with Crippen molar-refractivity contribution in [2.75, 3.05) is 14.2 Å². The first-order valence-corrected chi connectivity index (χ1v) is 8.25. The number of methoxy groups -OCH3 is 1. The number of fused-ring (bicyclic) bond motifs is 1. The molecule has 1 aliphatic carbocycles. The topological polar surface area (TPSA) is 57.1 Å². The second kappa shape index (κ2) is 7.83. The van der Waals surface area contributed by atoms with E-state index in [1.165, 1.54) is 31.8 Å². The van der Waals surface area contributed by atoms with Gasteiger partial charge in [-0.05, 0) is 48.1 Å². The van der Waals surface area contributed by atoms with Crippen LogP contribution in [0, 0.1) is 0 Å². The van der Waals surface area contributed by atoms with Gasteiger partial charge in [-0.25, -0.2) is 4.79 Å². The van der Waals surface area contributed by atoms with E-state index in [-0.39, 0.29) is 5.71 Å². The fourth-order valence-corrected chi connectivity index (χ4v) is 3.06. The average Bonchev–Trinajstić information content (AvgIpc) is 3.12. The molecule has 0 saturated carbocycles. The molecular formula is C20H21NO4. The van der Waals surface area contributed by atoms with Crippen LogP contribution in [-0.2, 0) is 33.8 Å². The molecule has 0 N–H and O–H groups in total. The summed E-state index contributed by atoms with van der Waals surface area (Å²) in [5, 5.41) is 3.81. The van der Waals surface area contributed by atoms with E-state index in [1.807, 2.05) is 24.3 Å². The van der Waals surface area contributed by atoms with Crippen molar-refractivity contribution < 1.29 is 19.1 Å². The summed E-state index contributed by atoms with van der Waals surface area (Å²) in [5.41, 5.74) is 4.37. The lowest BCUT2D eigenvalue weighted by atomic mass is 10.0. The fourth-order valence-electron chi connectivity index (χ4n) is 3.06. The summed E-state index contributed by atoms with van der Waals surface area (Å²) in [6.07, 6.45) is 3.46. The average molecular weight is 339 g/mol. The van der Waals surface area contributed by atoms with E-state index in [1.54, 1.807) is 6.07 Å². The van der Waals surface area contributed by atoms with E-state index in [2.05, 4.69) is 17.3 Å². The number of rotatable bonds is 6. The highest BCUT2D eigenvalue weighted by molar-refractivity contribution is 6.43. The minimum absolute atomic E-state index is 0.123. The van der Waals surface area contributed by atoms with Gasteiger partial charge in [0.1, 0.15) is 19.5 Å². The van der Waals surface area contributed by atoms with Crippen molar-refractivity contribution in [2.45, 2.75) is 25.9 Å². The van der Waals surface area contributed by atoms with Crippen LogP contribution in [0.4, 0.5) is 0 Å². The van der Waals surface area contributed by atoms with E-state index in [0.717, 1.165) is 24.2 Å². The molecule has 0 aromatic heterocycles. The van der Waals surface area contributed by atoms with E-state index >= 15 is 0 Å². The molecule has 5 nitrogen and oxygen atoms in total. The van der Waals surface area contributed by atoms with Crippen molar-refractivity contribution in [3.63, 3.8) is 0 Å². The number of oxime groups is 1. The quantitative estimate of drug-likeness (QED) is 0.460. The monoisotopic (exact) mass is 339 g/mol. The van der Waals surface area contributed by atoms with Gasteiger partial charge in [0, 0.05) is 5.56 Å². The van der Waals surface area contributed by atoms with Gasteiger partial charge >= 0.3 is 5.97 Å². The Morgan fingerprint density at radius 3 is 2.68 bits per heavy atom. The zero-order valence-electron chi connectivity index (χ0n) is 14.5. The van der Waals surface area contributed by atoms with Crippen LogP contribution in [0.15, 0.2) is 47.6 Å². The van der Waals surface area contributed by atoms with Gasteiger partial charge in [0.15, 0.2) is 5.71 Å². The Labute approximate surface area is 147 Å². The van der Waals surface area contributed by atoms with Gasteiger partial charge < -0.3 is 14.3 Å². The molecule has 0 unspecified atom stereocenters. The first-order chi connectivity index (χ1) is 12.2. The molecule has 0 amide bonds. The maximum Gasteiger partial charge on any atom is 0.360 e. The molecule has 0 radical (unpaired) electrons. The molecule has 0 fully saturated rings. The van der Waals surface area contributed by atoms with Gasteiger partial charge in [-0.3, -0.25) is 0 Å². The van der Waals surface area contributed by atoms with E-state index in [4.69, 9.17) is 14.3 Å². The molecule has 5 heteroatoms. The number of hydrogen-bond acceptors (Lipinski definition) is 5. The second-order valence-corrected chi connectivity index (χ2v) is 5.84. The van der Waals surface area contributed by atoms with Crippen molar-refractivity contribution in [3.05, 3.63) is 64.7 Å². The number of esters is 1. The van der Waals surface area contributed by atoms with E-state index in [9.17, 15) is 4.79 Å². The highest BCUT2D eigenvalue weighted by Gasteiger charge is 2.19. The second-order valence-electron chi connectivity index (χ2n) is 5.84. The van der Waals surface area contributed by atoms with Gasteiger partial charge in [0.05, 0.1) is 7.11 Å². The van der Waals surface area contributed by atoms with Crippen LogP contribution in [0.5, 0.6) is 5.75 Å². The molecule has 0 heterocycles. The van der Waals surface area contributed by atoms with E-state index in [0.29, 0.717) is 12.2 Å². The first-order valence-electron chi connectivity index (χ1n) is 8.25. The molecule has 2 aromatic carbocycles. The van der Waals surface area contributed by atoms with Gasteiger partial charge in [0.2, 0.25) is 0 Å². The Balaban J connectivity index is 1.81. The number of ether oxygens (including phenoxy) is 2. The Morgan fingerprint density at radius 2 is 1.88 bits per heavy atom. The standard InChI is InChI=1S/C20H21NO4/c1-23-20(22)19(21-24-2)18-9-4-3-6-16(18)13-25-17-11-10-14-7-5-8-15(14)12-17/h3-4,6,9-12H,5,7-8,13H2,1-2H3. The Hall–Kier alpha value is -2.82. The first kappa shape index (κ1) is 17.0. The molecule has 0 aliphatic heterocycles. The highest BCUT2D eigenvalue weighted by Crippen LogP contribution is 2.26. The zero-order valence-corrected chi connectivity index (χ0v) is 14.5. The minimum atomic E-state index is -0.549. The maximum atomic E-state index is 12.0. The SMILES string of the molecule is CON=C(C(=O)OC)c1ccccc1COc1ccc2c(c1)CCC2. The number of hydrogen-bond donors (Lipinski definition) is 0. The summed E-state index contributed by atoms with van der Waals surface area (Å²) in [6.45, 7) is 0.328. The minimum Gasteiger partial charge on any atom is -0.489 e. The number of aryl methyl sites for hydroxylation is 2. The highest BCUT2D eigenvalue weighted by atomic mass is 16.6. The van der Waals surface area contributed by atoms with Crippen LogP contribution in [0.2, 0.25) is 0 Å². The molecule has 2 aromatic rings. The van der Waals surface area contributed by atoms with Crippen LogP contribution in [0.3, 0.4) is 0 Å². The molecule has 1 aliphatic rings. The summed E-state index contributed by atoms with van der Waals surface area (Å²) >= 11 is 0. The molecular weight excluding hydrogens is 318 g/mol. The third-order valence-corrected chi connectivity index (χ3v) is 4.30. The van der Waals surface area contributed by atoms with Crippen LogP contribution in [0.1, 0.15) is 28.7 Å². The lowest BCUT2D eigenvalue weighted by molar-refractivity contribution is -0.132. The van der Waals surface area contributed by atoms with Gasteiger partial charge in [-0.15, -0.1) is 0 Å². The smallest absolute Gasteiger partial charge is 0.360 e. The van der Waals surface area contributed by atoms with E-state index < -0.39 is 5.97 Å². The van der Waals surface area contributed by atoms with Crippen LogP contribution >= 0.6 is 0 Å². The van der Waals surface area contributed by atoms with Gasteiger partial charge in [-0.2, -0.15) is 0 Å². The van der Waals surface area contributed by atoms with Gasteiger partial charge in [0.25, 0.3) is 0 Å². The fraction of sp³-hybridized carbons (Fsp3) is 0.300. The lowest BCUT2D eigenvalue weighted by Crippen LogP contribution is -2.19. The third-order valence-electron chi connectivity index (χ3n) is 4.30.